The second kappa shape index (κ2) is 7.32. The quantitative estimate of drug-likeness (QED) is 0.808. The molecule has 6 nitrogen and oxygen atoms in total. The van der Waals surface area contributed by atoms with Gasteiger partial charge in [-0.05, 0) is 34.1 Å². The lowest BCUT2D eigenvalue weighted by molar-refractivity contribution is 0.0730. The molecule has 1 aromatic heterocycles. The van der Waals surface area contributed by atoms with Gasteiger partial charge in [-0.15, -0.1) is 11.3 Å². The van der Waals surface area contributed by atoms with Gasteiger partial charge in [0, 0.05) is 18.8 Å². The monoisotopic (exact) mass is 430 g/mol. The summed E-state index contributed by atoms with van der Waals surface area (Å²) in [5.41, 5.74) is 0.657. The first-order valence-electron chi connectivity index (χ1n) is 7.22. The van der Waals surface area contributed by atoms with Crippen molar-refractivity contribution in [3.05, 3.63) is 45.1 Å². The summed E-state index contributed by atoms with van der Waals surface area (Å²) < 4.78 is 32.4. The minimum atomic E-state index is -3.64. The molecule has 1 aliphatic heterocycles. The fourth-order valence-electron chi connectivity index (χ4n) is 2.28. The highest BCUT2D eigenvalue weighted by molar-refractivity contribution is 9.11. The van der Waals surface area contributed by atoms with Crippen molar-refractivity contribution in [2.45, 2.75) is 4.90 Å². The molecule has 2 heterocycles. The molecule has 128 valence electrons. The van der Waals surface area contributed by atoms with Crippen molar-refractivity contribution >= 4 is 48.9 Å². The zero-order valence-electron chi connectivity index (χ0n) is 12.6. The lowest BCUT2D eigenvalue weighted by Crippen LogP contribution is -2.40. The smallest absolute Gasteiger partial charge is 0.265 e. The van der Waals surface area contributed by atoms with Crippen LogP contribution in [0, 0.1) is 0 Å². The molecular weight excluding hydrogens is 416 g/mol. The number of sulfonamides is 1. The van der Waals surface area contributed by atoms with Gasteiger partial charge in [-0.2, -0.15) is 4.31 Å². The third-order valence-electron chi connectivity index (χ3n) is 3.50. The normalized spacial score (nSPS) is 16.0. The molecule has 1 saturated heterocycles. The van der Waals surface area contributed by atoms with Crippen LogP contribution in [0.2, 0.25) is 0 Å². The van der Waals surface area contributed by atoms with Crippen LogP contribution < -0.4 is 5.32 Å². The van der Waals surface area contributed by atoms with E-state index in [4.69, 9.17) is 4.74 Å². The summed E-state index contributed by atoms with van der Waals surface area (Å²) in [6.45, 7) is 1.39. The van der Waals surface area contributed by atoms with Crippen molar-refractivity contribution < 1.29 is 17.9 Å². The number of nitrogens with zero attached hydrogens (tertiary/aromatic N) is 1. The van der Waals surface area contributed by atoms with Crippen LogP contribution in [0.1, 0.15) is 9.67 Å². The summed E-state index contributed by atoms with van der Waals surface area (Å²) in [6, 6.07) is 10.4. The minimum Gasteiger partial charge on any atom is -0.379 e. The number of anilines is 1. The summed E-state index contributed by atoms with van der Waals surface area (Å²) in [5.74, 6) is -0.338. The van der Waals surface area contributed by atoms with Gasteiger partial charge in [-0.1, -0.05) is 18.2 Å². The Labute approximate surface area is 152 Å². The molecule has 0 unspecified atom stereocenters. The fraction of sp³-hybridized carbons (Fsp3) is 0.267. The predicted octanol–water partition coefficient (Wildman–Crippen LogP) is 2.78. The zero-order valence-corrected chi connectivity index (χ0v) is 15.8. The van der Waals surface area contributed by atoms with E-state index in [9.17, 15) is 13.2 Å². The van der Waals surface area contributed by atoms with Gasteiger partial charge in [-0.25, -0.2) is 8.42 Å². The van der Waals surface area contributed by atoms with Crippen molar-refractivity contribution in [2.75, 3.05) is 31.6 Å². The SMILES string of the molecule is O=C(Nc1ccccc1)c1cc(S(=O)(=O)N2CCOCC2)c(Br)s1. The van der Waals surface area contributed by atoms with Crippen LogP contribution >= 0.6 is 27.3 Å². The van der Waals surface area contributed by atoms with E-state index >= 15 is 0 Å². The first kappa shape index (κ1) is 17.6. The van der Waals surface area contributed by atoms with Crippen LogP contribution in [0.25, 0.3) is 0 Å². The number of thiophene rings is 1. The maximum Gasteiger partial charge on any atom is 0.265 e. The van der Waals surface area contributed by atoms with E-state index < -0.39 is 10.0 Å². The average molecular weight is 431 g/mol. The lowest BCUT2D eigenvalue weighted by atomic mass is 10.3. The number of amides is 1. The number of nitrogens with one attached hydrogen (secondary N) is 1. The Bertz CT molecular complexity index is 830. The molecule has 1 aliphatic rings. The van der Waals surface area contributed by atoms with Gasteiger partial charge in [-0.3, -0.25) is 4.79 Å². The van der Waals surface area contributed by atoms with E-state index in [0.717, 1.165) is 11.3 Å². The third kappa shape index (κ3) is 3.70. The first-order chi connectivity index (χ1) is 11.5. The Kier molecular flexibility index (Phi) is 5.36. The van der Waals surface area contributed by atoms with Gasteiger partial charge in [0.15, 0.2) is 0 Å². The van der Waals surface area contributed by atoms with E-state index in [0.29, 0.717) is 40.7 Å². The number of carbonyl (C=O) groups excluding carboxylic acids is 1. The second-order valence-electron chi connectivity index (χ2n) is 5.09. The van der Waals surface area contributed by atoms with Crippen molar-refractivity contribution in [3.63, 3.8) is 0 Å². The molecule has 9 heteroatoms. The maximum atomic E-state index is 12.7. The van der Waals surface area contributed by atoms with Crippen LogP contribution in [0.5, 0.6) is 0 Å². The molecule has 0 spiro atoms. The number of morpholine rings is 1. The van der Waals surface area contributed by atoms with Gasteiger partial charge in [0.2, 0.25) is 10.0 Å². The molecule has 0 bridgehead atoms. The van der Waals surface area contributed by atoms with Gasteiger partial charge in [0.25, 0.3) is 5.91 Å². The number of hydrogen-bond donors (Lipinski definition) is 1. The summed E-state index contributed by atoms with van der Waals surface area (Å²) in [5, 5.41) is 2.75. The first-order valence-corrected chi connectivity index (χ1v) is 10.3. The fourth-order valence-corrected chi connectivity index (χ4v) is 6.10. The zero-order chi connectivity index (χ0) is 17.2. The van der Waals surface area contributed by atoms with E-state index in [2.05, 4.69) is 21.2 Å². The molecule has 1 aromatic carbocycles. The number of benzene rings is 1. The van der Waals surface area contributed by atoms with Crippen LogP contribution in [0.3, 0.4) is 0 Å². The molecular formula is C15H15BrN2O4S2. The molecule has 1 N–H and O–H groups in total. The van der Waals surface area contributed by atoms with Crippen molar-refractivity contribution in [2.24, 2.45) is 0 Å². The van der Waals surface area contributed by atoms with Crippen LogP contribution in [-0.2, 0) is 14.8 Å². The Morgan fingerprint density at radius 3 is 2.54 bits per heavy atom. The highest BCUT2D eigenvalue weighted by atomic mass is 79.9. The Morgan fingerprint density at radius 2 is 1.88 bits per heavy atom. The molecule has 0 saturated carbocycles. The summed E-state index contributed by atoms with van der Waals surface area (Å²) in [7, 11) is -3.64. The van der Waals surface area contributed by atoms with Gasteiger partial charge in [0.1, 0.15) is 4.90 Å². The molecule has 2 aromatic rings. The molecule has 0 aliphatic carbocycles. The average Bonchev–Trinajstić information content (AvgIpc) is 2.99. The van der Waals surface area contributed by atoms with Crippen molar-refractivity contribution in [1.82, 2.24) is 4.31 Å². The van der Waals surface area contributed by atoms with Crippen molar-refractivity contribution in [3.8, 4) is 0 Å². The van der Waals surface area contributed by atoms with E-state index in [-0.39, 0.29) is 10.8 Å². The molecule has 3 rings (SSSR count). The standard InChI is InChI=1S/C15H15BrN2O4S2/c16-14-13(24(20,21)18-6-8-22-9-7-18)10-12(23-14)15(19)17-11-4-2-1-3-5-11/h1-5,10H,6-9H2,(H,17,19). The Balaban J connectivity index is 1.83. The number of para-hydroxylation sites is 1. The third-order valence-corrected chi connectivity index (χ3v) is 7.65. The Hall–Kier alpha value is -1.26. The largest absolute Gasteiger partial charge is 0.379 e. The van der Waals surface area contributed by atoms with Gasteiger partial charge in [0.05, 0.1) is 21.9 Å². The molecule has 1 amide bonds. The summed E-state index contributed by atoms with van der Waals surface area (Å²) in [6.07, 6.45) is 0. The molecule has 1 fully saturated rings. The summed E-state index contributed by atoms with van der Waals surface area (Å²) in [4.78, 5) is 12.8. The molecule has 24 heavy (non-hydrogen) atoms. The van der Waals surface area contributed by atoms with Crippen LogP contribution in [0.15, 0.2) is 45.1 Å². The predicted molar refractivity (Wildman–Crippen MR) is 96.0 cm³/mol. The molecule has 0 atom stereocenters. The second-order valence-corrected chi connectivity index (χ2v) is 9.36. The van der Waals surface area contributed by atoms with Crippen molar-refractivity contribution in [1.29, 1.82) is 0 Å². The minimum absolute atomic E-state index is 0.118. The number of hydrogen-bond acceptors (Lipinski definition) is 5. The highest BCUT2D eigenvalue weighted by Crippen LogP contribution is 2.34. The van der Waals surface area contributed by atoms with Crippen LogP contribution in [-0.4, -0.2) is 44.9 Å². The van der Waals surface area contributed by atoms with Gasteiger partial charge < -0.3 is 10.1 Å². The maximum absolute atomic E-state index is 12.7. The topological polar surface area (TPSA) is 75.7 Å². The number of halogens is 1. The van der Waals surface area contributed by atoms with Crippen LogP contribution in [0.4, 0.5) is 5.69 Å². The highest BCUT2D eigenvalue weighted by Gasteiger charge is 2.30. The van der Waals surface area contributed by atoms with Gasteiger partial charge >= 0.3 is 0 Å². The number of rotatable bonds is 4. The summed E-state index contributed by atoms with van der Waals surface area (Å²) >= 11 is 4.37. The molecule has 0 radical (unpaired) electrons. The lowest BCUT2D eigenvalue weighted by Gasteiger charge is -2.25. The van der Waals surface area contributed by atoms with E-state index in [1.807, 2.05) is 18.2 Å². The number of ether oxygens (including phenoxy) is 1. The van der Waals surface area contributed by atoms with E-state index in [1.54, 1.807) is 12.1 Å². The van der Waals surface area contributed by atoms with E-state index in [1.165, 1.54) is 10.4 Å². The Morgan fingerprint density at radius 1 is 1.21 bits per heavy atom. The number of carbonyl (C=O) groups is 1.